The number of nitrogens with zero attached hydrogens (tertiary/aromatic N) is 5. The molecule has 6 nitrogen and oxygen atoms in total. The zero-order chi connectivity index (χ0) is 25.4. The molecule has 0 spiro atoms. The van der Waals surface area contributed by atoms with E-state index in [1.165, 1.54) is 0 Å². The fourth-order valence-electron chi connectivity index (χ4n) is 3.84. The summed E-state index contributed by atoms with van der Waals surface area (Å²) in [6.45, 7) is 17.3. The quantitative estimate of drug-likeness (QED) is 0.389. The molecular formula is C27H39N5OS. The van der Waals surface area contributed by atoms with E-state index < -0.39 is 0 Å². The Morgan fingerprint density at radius 3 is 1.82 bits per heavy atom. The van der Waals surface area contributed by atoms with Crippen LogP contribution in [0.5, 0.6) is 5.75 Å². The first-order valence-electron chi connectivity index (χ1n) is 11.9. The largest absolute Gasteiger partial charge is 0.431 e. The third-order valence-corrected chi connectivity index (χ3v) is 6.29. The smallest absolute Gasteiger partial charge is 0.264 e. The zero-order valence-corrected chi connectivity index (χ0v) is 23.1. The Labute approximate surface area is 209 Å². The first kappa shape index (κ1) is 25.9. The molecule has 0 fully saturated rings. The minimum absolute atomic E-state index is 0.150. The molecule has 0 aliphatic rings. The summed E-state index contributed by atoms with van der Waals surface area (Å²) in [5.41, 5.74) is 5.16. The maximum atomic E-state index is 6.43. The Kier molecular flexibility index (Phi) is 7.56. The third-order valence-electron chi connectivity index (χ3n) is 5.84. The highest BCUT2D eigenvalue weighted by Gasteiger charge is 2.30. The van der Waals surface area contributed by atoms with Crippen LogP contribution < -0.4 is 4.74 Å². The fourth-order valence-corrected chi connectivity index (χ4v) is 3.93. The molecule has 3 rings (SSSR count). The van der Waals surface area contributed by atoms with Gasteiger partial charge in [0.25, 0.3) is 5.17 Å². The summed E-state index contributed by atoms with van der Waals surface area (Å²) in [6, 6.07) is 8.52. The lowest BCUT2D eigenvalue weighted by Gasteiger charge is -2.29. The molecule has 3 aromatic rings. The van der Waals surface area contributed by atoms with Crippen LogP contribution in [-0.2, 0) is 5.41 Å². The second-order valence-electron chi connectivity index (χ2n) is 10.9. The van der Waals surface area contributed by atoms with Crippen LogP contribution in [0.15, 0.2) is 36.7 Å². The highest BCUT2D eigenvalue weighted by Crippen LogP contribution is 2.40. The SMILES string of the molecule is Cc1cc(C(n2ccc(C(C)C)n2)n2ccc(C(C)C)n2)c(OC(=S)N(C)C)c(C(C)(C)C)c1. The number of thiocarbonyl (C=S) groups is 1. The van der Waals surface area contributed by atoms with Crippen molar-refractivity contribution < 1.29 is 4.74 Å². The van der Waals surface area contributed by atoms with E-state index in [4.69, 9.17) is 27.2 Å². The van der Waals surface area contributed by atoms with Gasteiger partial charge < -0.3 is 9.64 Å². The van der Waals surface area contributed by atoms with Gasteiger partial charge >= 0.3 is 0 Å². The highest BCUT2D eigenvalue weighted by atomic mass is 32.1. The van der Waals surface area contributed by atoms with Crippen LogP contribution in [-0.4, -0.2) is 43.7 Å². The number of rotatable bonds is 6. The molecule has 34 heavy (non-hydrogen) atoms. The second-order valence-corrected chi connectivity index (χ2v) is 11.2. The molecule has 7 heteroatoms. The third kappa shape index (κ3) is 5.52. The van der Waals surface area contributed by atoms with Crippen LogP contribution in [0.2, 0.25) is 0 Å². The van der Waals surface area contributed by atoms with Gasteiger partial charge in [0.15, 0.2) is 6.17 Å². The van der Waals surface area contributed by atoms with Crippen molar-refractivity contribution in [1.82, 2.24) is 24.5 Å². The maximum absolute atomic E-state index is 6.43. The summed E-state index contributed by atoms with van der Waals surface area (Å²) in [7, 11) is 3.80. The lowest BCUT2D eigenvalue weighted by atomic mass is 9.83. The fraction of sp³-hybridized carbons (Fsp3) is 0.519. The minimum Gasteiger partial charge on any atom is -0.431 e. The Morgan fingerprint density at radius 2 is 1.44 bits per heavy atom. The summed E-state index contributed by atoms with van der Waals surface area (Å²) in [4.78, 5) is 1.82. The van der Waals surface area contributed by atoms with E-state index >= 15 is 0 Å². The summed E-state index contributed by atoms with van der Waals surface area (Å²) < 4.78 is 10.4. The van der Waals surface area contributed by atoms with E-state index in [0.717, 1.165) is 33.8 Å². The maximum Gasteiger partial charge on any atom is 0.264 e. The molecule has 0 aliphatic carbocycles. The van der Waals surface area contributed by atoms with Crippen LogP contribution in [0.3, 0.4) is 0 Å². The van der Waals surface area contributed by atoms with Crippen LogP contribution in [0, 0.1) is 6.92 Å². The monoisotopic (exact) mass is 481 g/mol. The number of hydrogen-bond acceptors (Lipinski definition) is 4. The molecule has 1 aromatic carbocycles. The predicted molar refractivity (Wildman–Crippen MR) is 143 cm³/mol. The number of hydrogen-bond donors (Lipinski definition) is 0. The predicted octanol–water partition coefficient (Wildman–Crippen LogP) is 6.25. The molecule has 0 saturated carbocycles. The zero-order valence-electron chi connectivity index (χ0n) is 22.2. The average Bonchev–Trinajstić information content (AvgIpc) is 3.39. The van der Waals surface area contributed by atoms with E-state index in [1.54, 1.807) is 0 Å². The van der Waals surface area contributed by atoms with Crippen molar-refractivity contribution in [2.75, 3.05) is 14.1 Å². The van der Waals surface area contributed by atoms with Crippen molar-refractivity contribution in [2.45, 2.75) is 78.8 Å². The van der Waals surface area contributed by atoms with Crippen LogP contribution in [0.25, 0.3) is 0 Å². The van der Waals surface area contributed by atoms with E-state index in [9.17, 15) is 0 Å². The number of aromatic nitrogens is 4. The van der Waals surface area contributed by atoms with Crippen LogP contribution in [0.1, 0.15) is 94.5 Å². The van der Waals surface area contributed by atoms with Crippen molar-refractivity contribution in [3.63, 3.8) is 0 Å². The summed E-state index contributed by atoms with van der Waals surface area (Å²) in [5.74, 6) is 1.42. The second kappa shape index (κ2) is 9.90. The van der Waals surface area contributed by atoms with Gasteiger partial charge in [-0.2, -0.15) is 10.2 Å². The summed E-state index contributed by atoms with van der Waals surface area (Å²) >= 11 is 5.59. The van der Waals surface area contributed by atoms with Crippen molar-refractivity contribution in [3.8, 4) is 5.75 Å². The van der Waals surface area contributed by atoms with Gasteiger partial charge in [-0.1, -0.05) is 60.1 Å². The Balaban J connectivity index is 2.32. The molecule has 0 saturated heterocycles. The van der Waals surface area contributed by atoms with Gasteiger partial charge in [0.1, 0.15) is 5.75 Å². The molecule has 0 amide bonds. The molecule has 2 heterocycles. The van der Waals surface area contributed by atoms with Crippen molar-refractivity contribution >= 4 is 17.4 Å². The number of ether oxygens (including phenoxy) is 1. The summed E-state index contributed by atoms with van der Waals surface area (Å²) in [5, 5.41) is 10.3. The summed E-state index contributed by atoms with van der Waals surface area (Å²) in [6.07, 6.45) is 3.74. The molecular weight excluding hydrogens is 442 g/mol. The van der Waals surface area contributed by atoms with Crippen molar-refractivity contribution in [2.24, 2.45) is 0 Å². The topological polar surface area (TPSA) is 48.1 Å². The molecule has 0 atom stereocenters. The highest BCUT2D eigenvalue weighted by molar-refractivity contribution is 7.80. The van der Waals surface area contributed by atoms with E-state index in [0.29, 0.717) is 17.0 Å². The molecule has 184 valence electrons. The van der Waals surface area contributed by atoms with Crippen molar-refractivity contribution in [1.29, 1.82) is 0 Å². The molecule has 0 N–H and O–H groups in total. The van der Waals surface area contributed by atoms with Crippen LogP contribution >= 0.6 is 12.2 Å². The van der Waals surface area contributed by atoms with E-state index in [2.05, 4.69) is 79.7 Å². The van der Waals surface area contributed by atoms with Gasteiger partial charge in [0.2, 0.25) is 0 Å². The van der Waals surface area contributed by atoms with E-state index in [-0.39, 0.29) is 11.6 Å². The Bertz CT molecular complexity index is 1100. The van der Waals surface area contributed by atoms with Crippen molar-refractivity contribution in [3.05, 3.63) is 64.7 Å². The first-order valence-corrected chi connectivity index (χ1v) is 12.3. The lowest BCUT2D eigenvalue weighted by molar-refractivity contribution is 0.382. The number of aryl methyl sites for hydroxylation is 1. The van der Waals surface area contributed by atoms with Crippen LogP contribution in [0.4, 0.5) is 0 Å². The van der Waals surface area contributed by atoms with Gasteiger partial charge in [-0.05, 0) is 54.6 Å². The molecule has 0 unspecified atom stereocenters. The number of benzene rings is 1. The normalized spacial score (nSPS) is 12.1. The first-order chi connectivity index (χ1) is 15.8. The van der Waals surface area contributed by atoms with E-state index in [1.807, 2.05) is 40.8 Å². The minimum atomic E-state index is -0.319. The molecule has 0 aliphatic heterocycles. The van der Waals surface area contributed by atoms with Gasteiger partial charge in [-0.25, -0.2) is 9.36 Å². The Morgan fingerprint density at radius 1 is 0.941 bits per heavy atom. The van der Waals surface area contributed by atoms with Gasteiger partial charge in [-0.3, -0.25) is 0 Å². The lowest BCUT2D eigenvalue weighted by Crippen LogP contribution is -2.29. The standard InChI is InChI=1S/C27H39N5OS/c1-17(2)22-11-13-31(28-22)25(32-14-12-23(29-32)18(3)4)20-15-19(5)16-21(27(6,7)8)24(20)33-26(34)30(9)10/h11-18,25H,1-10H3. The van der Waals surface area contributed by atoms with Gasteiger partial charge in [-0.15, -0.1) is 0 Å². The Hall–Kier alpha value is -2.67. The molecule has 2 aromatic heterocycles. The van der Waals surface area contributed by atoms with Gasteiger partial charge in [0, 0.05) is 37.6 Å². The molecule has 0 radical (unpaired) electrons. The molecule has 0 bridgehead atoms. The van der Waals surface area contributed by atoms with Gasteiger partial charge in [0.05, 0.1) is 11.4 Å². The average molecular weight is 482 g/mol.